The number of anilines is 1. The Morgan fingerprint density at radius 1 is 1.10 bits per heavy atom. The molecule has 0 aromatic heterocycles. The van der Waals surface area contributed by atoms with Crippen molar-refractivity contribution >= 4 is 17.4 Å². The lowest BCUT2D eigenvalue weighted by molar-refractivity contribution is 0.820. The van der Waals surface area contributed by atoms with Crippen molar-refractivity contribution in [1.29, 1.82) is 0 Å². The van der Waals surface area contributed by atoms with E-state index in [0.29, 0.717) is 12.0 Å². The van der Waals surface area contributed by atoms with E-state index in [1.807, 2.05) is 0 Å². The lowest BCUT2D eigenvalue weighted by atomic mass is 9.97. The number of benzene rings is 2. The maximum Gasteiger partial charge on any atom is 0.0555 e. The summed E-state index contributed by atoms with van der Waals surface area (Å²) in [4.78, 5) is 1.33. The van der Waals surface area contributed by atoms with Gasteiger partial charge in [0.1, 0.15) is 0 Å². The number of para-hydroxylation sites is 1. The summed E-state index contributed by atoms with van der Waals surface area (Å²) in [5.41, 5.74) is 5.64. The molecule has 1 nitrogen and oxygen atoms in total. The van der Waals surface area contributed by atoms with Gasteiger partial charge in [-0.1, -0.05) is 44.2 Å². The molecule has 1 aliphatic rings. The molecule has 2 heteroatoms. The minimum Gasteiger partial charge on any atom is -0.377 e. The SMILES string of the molecule is CSc1ccc(C2Cc3cccc(C(C)C)c3N2)cc1. The summed E-state index contributed by atoms with van der Waals surface area (Å²) in [5.74, 6) is 0.565. The summed E-state index contributed by atoms with van der Waals surface area (Å²) >= 11 is 1.79. The number of rotatable bonds is 3. The molecule has 0 saturated carbocycles. The van der Waals surface area contributed by atoms with E-state index < -0.39 is 0 Å². The van der Waals surface area contributed by atoms with E-state index >= 15 is 0 Å². The quantitative estimate of drug-likeness (QED) is 0.773. The number of hydrogen-bond donors (Lipinski definition) is 1. The molecule has 0 spiro atoms. The van der Waals surface area contributed by atoms with E-state index in [9.17, 15) is 0 Å². The summed E-state index contributed by atoms with van der Waals surface area (Å²) < 4.78 is 0. The minimum absolute atomic E-state index is 0.417. The van der Waals surface area contributed by atoms with Crippen LogP contribution in [0.25, 0.3) is 0 Å². The molecule has 1 N–H and O–H groups in total. The molecule has 0 aliphatic carbocycles. The Morgan fingerprint density at radius 2 is 1.85 bits per heavy atom. The molecule has 1 unspecified atom stereocenters. The van der Waals surface area contributed by atoms with Crippen molar-refractivity contribution in [2.45, 2.75) is 37.1 Å². The van der Waals surface area contributed by atoms with Gasteiger partial charge in [0, 0.05) is 10.6 Å². The average molecular weight is 283 g/mol. The van der Waals surface area contributed by atoms with Crippen LogP contribution in [0.5, 0.6) is 0 Å². The van der Waals surface area contributed by atoms with Crippen LogP contribution in [0.2, 0.25) is 0 Å². The topological polar surface area (TPSA) is 12.0 Å². The lowest BCUT2D eigenvalue weighted by Crippen LogP contribution is -2.06. The van der Waals surface area contributed by atoms with Crippen LogP contribution in [-0.4, -0.2) is 6.26 Å². The van der Waals surface area contributed by atoms with Gasteiger partial charge < -0.3 is 5.32 Å². The minimum atomic E-state index is 0.417. The third kappa shape index (κ3) is 2.45. The fourth-order valence-electron chi connectivity index (χ4n) is 2.93. The Bertz CT molecular complexity index is 601. The summed E-state index contributed by atoms with van der Waals surface area (Å²) in [5, 5.41) is 3.73. The van der Waals surface area contributed by atoms with Crippen molar-refractivity contribution in [3.05, 3.63) is 59.2 Å². The molecular weight excluding hydrogens is 262 g/mol. The maximum absolute atomic E-state index is 3.73. The Hall–Kier alpha value is -1.41. The van der Waals surface area contributed by atoms with Crippen LogP contribution in [0.3, 0.4) is 0 Å². The first kappa shape index (κ1) is 13.6. The van der Waals surface area contributed by atoms with E-state index in [-0.39, 0.29) is 0 Å². The molecule has 1 heterocycles. The van der Waals surface area contributed by atoms with Crippen LogP contribution in [0, 0.1) is 0 Å². The fraction of sp³-hybridized carbons (Fsp3) is 0.333. The Labute approximate surface area is 125 Å². The standard InChI is InChI=1S/C18H21NS/c1-12(2)16-6-4-5-14-11-17(19-18(14)16)13-7-9-15(20-3)10-8-13/h4-10,12,17,19H,11H2,1-3H3. The highest BCUT2D eigenvalue weighted by Gasteiger charge is 2.24. The van der Waals surface area contributed by atoms with Gasteiger partial charge in [0.05, 0.1) is 6.04 Å². The predicted molar refractivity (Wildman–Crippen MR) is 88.8 cm³/mol. The van der Waals surface area contributed by atoms with Gasteiger partial charge in [-0.2, -0.15) is 0 Å². The van der Waals surface area contributed by atoms with E-state index in [1.165, 1.54) is 27.3 Å². The largest absolute Gasteiger partial charge is 0.377 e. The van der Waals surface area contributed by atoms with Gasteiger partial charge in [-0.3, -0.25) is 0 Å². The fourth-order valence-corrected chi connectivity index (χ4v) is 3.34. The maximum atomic E-state index is 3.73. The molecule has 0 amide bonds. The van der Waals surface area contributed by atoms with Gasteiger partial charge >= 0.3 is 0 Å². The lowest BCUT2D eigenvalue weighted by Gasteiger charge is -2.15. The van der Waals surface area contributed by atoms with Crippen molar-refractivity contribution in [2.24, 2.45) is 0 Å². The van der Waals surface area contributed by atoms with Crippen molar-refractivity contribution in [3.8, 4) is 0 Å². The van der Waals surface area contributed by atoms with E-state index in [2.05, 4.69) is 67.9 Å². The molecule has 20 heavy (non-hydrogen) atoms. The van der Waals surface area contributed by atoms with Crippen LogP contribution in [0.15, 0.2) is 47.4 Å². The van der Waals surface area contributed by atoms with Gasteiger partial charge in [0.15, 0.2) is 0 Å². The molecule has 1 aliphatic heterocycles. The van der Waals surface area contributed by atoms with E-state index in [1.54, 1.807) is 11.8 Å². The van der Waals surface area contributed by atoms with E-state index in [4.69, 9.17) is 0 Å². The first-order valence-corrected chi connectivity index (χ1v) is 8.44. The highest BCUT2D eigenvalue weighted by atomic mass is 32.2. The zero-order valence-electron chi connectivity index (χ0n) is 12.3. The Balaban J connectivity index is 1.88. The van der Waals surface area contributed by atoms with Crippen LogP contribution >= 0.6 is 11.8 Å². The molecule has 2 aromatic carbocycles. The smallest absolute Gasteiger partial charge is 0.0555 e. The van der Waals surface area contributed by atoms with Gasteiger partial charge in [-0.15, -0.1) is 11.8 Å². The molecule has 0 radical (unpaired) electrons. The van der Waals surface area contributed by atoms with Crippen LogP contribution in [-0.2, 0) is 6.42 Å². The third-order valence-electron chi connectivity index (χ3n) is 4.07. The zero-order valence-corrected chi connectivity index (χ0v) is 13.1. The molecular formula is C18H21NS. The molecule has 0 saturated heterocycles. The van der Waals surface area contributed by atoms with Crippen molar-refractivity contribution in [1.82, 2.24) is 0 Å². The van der Waals surface area contributed by atoms with Crippen molar-refractivity contribution in [2.75, 3.05) is 11.6 Å². The van der Waals surface area contributed by atoms with Crippen molar-refractivity contribution in [3.63, 3.8) is 0 Å². The molecule has 3 rings (SSSR count). The normalized spacial score (nSPS) is 17.1. The summed E-state index contributed by atoms with van der Waals surface area (Å²) in [6.45, 7) is 4.52. The molecule has 2 aromatic rings. The monoisotopic (exact) mass is 283 g/mol. The van der Waals surface area contributed by atoms with Gasteiger partial charge in [0.2, 0.25) is 0 Å². The Morgan fingerprint density at radius 3 is 2.50 bits per heavy atom. The van der Waals surface area contributed by atoms with Crippen LogP contribution < -0.4 is 5.32 Å². The van der Waals surface area contributed by atoms with E-state index in [0.717, 1.165) is 6.42 Å². The second kappa shape index (κ2) is 5.53. The second-order valence-electron chi connectivity index (χ2n) is 5.71. The molecule has 0 bridgehead atoms. The first-order valence-electron chi connectivity index (χ1n) is 7.21. The Kier molecular flexibility index (Phi) is 3.75. The molecule has 1 atom stereocenters. The summed E-state index contributed by atoms with van der Waals surface area (Å²) in [7, 11) is 0. The van der Waals surface area contributed by atoms with Gasteiger partial charge in [-0.05, 0) is 47.4 Å². The highest BCUT2D eigenvalue weighted by Crippen LogP contribution is 2.39. The third-order valence-corrected chi connectivity index (χ3v) is 4.81. The number of fused-ring (bicyclic) bond motifs is 1. The zero-order chi connectivity index (χ0) is 14.1. The van der Waals surface area contributed by atoms with Crippen molar-refractivity contribution < 1.29 is 0 Å². The van der Waals surface area contributed by atoms with Gasteiger partial charge in [-0.25, -0.2) is 0 Å². The first-order chi connectivity index (χ1) is 9.69. The molecule has 104 valence electrons. The molecule has 0 fully saturated rings. The number of hydrogen-bond acceptors (Lipinski definition) is 2. The predicted octanol–water partition coefficient (Wildman–Crippen LogP) is 5.24. The second-order valence-corrected chi connectivity index (χ2v) is 6.59. The number of thioether (sulfide) groups is 1. The van der Waals surface area contributed by atoms with Gasteiger partial charge in [0.25, 0.3) is 0 Å². The van der Waals surface area contributed by atoms with Crippen LogP contribution in [0.1, 0.15) is 42.5 Å². The summed E-state index contributed by atoms with van der Waals surface area (Å²) in [6, 6.07) is 16.0. The summed E-state index contributed by atoms with van der Waals surface area (Å²) in [6.07, 6.45) is 3.21. The number of nitrogens with one attached hydrogen (secondary N) is 1. The highest BCUT2D eigenvalue weighted by molar-refractivity contribution is 7.98. The average Bonchev–Trinajstić information content (AvgIpc) is 2.90. The van der Waals surface area contributed by atoms with Crippen LogP contribution in [0.4, 0.5) is 5.69 Å².